The van der Waals surface area contributed by atoms with Crippen molar-refractivity contribution >= 4 is 0 Å². The van der Waals surface area contributed by atoms with Crippen molar-refractivity contribution in [3.05, 3.63) is 30.1 Å². The highest BCUT2D eigenvalue weighted by Gasteiger charge is 2.17. The molecule has 0 fully saturated rings. The third kappa shape index (κ3) is 3.43. The number of nitrogens with zero attached hydrogens (tertiary/aromatic N) is 1. The van der Waals surface area contributed by atoms with Gasteiger partial charge in [-0.25, -0.2) is 0 Å². The third-order valence-electron chi connectivity index (χ3n) is 1.44. The molecule has 3 N–H and O–H groups in total. The molecular weight excluding hydrogens is 158 g/mol. The second-order valence-corrected chi connectivity index (χ2v) is 2.60. The number of hydrogen-bond donors (Lipinski definition) is 3. The molecule has 66 valence electrons. The predicted molar refractivity (Wildman–Crippen MR) is 41.9 cm³/mol. The summed E-state index contributed by atoms with van der Waals surface area (Å²) in [6.07, 6.45) is 1.82. The van der Waals surface area contributed by atoms with Gasteiger partial charge in [0.15, 0.2) is 0 Å². The van der Waals surface area contributed by atoms with Crippen LogP contribution in [0.4, 0.5) is 0 Å². The maximum atomic E-state index is 8.56. The average molecular weight is 169 g/mol. The van der Waals surface area contributed by atoms with Crippen LogP contribution >= 0.6 is 0 Å². The number of rotatable bonds is 3. The first-order chi connectivity index (χ1) is 5.58. The first kappa shape index (κ1) is 9.12. The lowest BCUT2D eigenvalue weighted by atomic mass is 10.2. The van der Waals surface area contributed by atoms with Crippen LogP contribution in [0, 0.1) is 0 Å². The van der Waals surface area contributed by atoms with Gasteiger partial charge in [-0.2, -0.15) is 0 Å². The molecule has 4 heteroatoms. The Hall–Kier alpha value is -0.970. The van der Waals surface area contributed by atoms with Crippen LogP contribution in [-0.2, 0) is 6.42 Å². The summed E-state index contributed by atoms with van der Waals surface area (Å²) in [4.78, 5) is 3.95. The summed E-state index contributed by atoms with van der Waals surface area (Å²) in [5, 5.41) is 25.7. The molecular formula is C8H11NO3. The lowest BCUT2D eigenvalue weighted by Crippen LogP contribution is -2.27. The van der Waals surface area contributed by atoms with Crippen molar-refractivity contribution in [3.8, 4) is 0 Å². The van der Waals surface area contributed by atoms with E-state index in [1.54, 1.807) is 24.4 Å². The average Bonchev–Trinajstić information content (AvgIpc) is 2.02. The van der Waals surface area contributed by atoms with Gasteiger partial charge in [-0.3, -0.25) is 4.98 Å². The van der Waals surface area contributed by atoms with Crippen LogP contribution < -0.4 is 0 Å². The molecule has 0 amide bonds. The van der Waals surface area contributed by atoms with Gasteiger partial charge in [0.05, 0.1) is 0 Å². The highest BCUT2D eigenvalue weighted by atomic mass is 16.7. The first-order valence-corrected chi connectivity index (χ1v) is 3.65. The van der Waals surface area contributed by atoms with E-state index in [0.29, 0.717) is 6.42 Å². The van der Waals surface area contributed by atoms with E-state index < -0.39 is 5.97 Å². The molecule has 1 aromatic rings. The largest absolute Gasteiger partial charge is 0.344 e. The lowest BCUT2D eigenvalue weighted by Gasteiger charge is -2.12. The zero-order valence-corrected chi connectivity index (χ0v) is 6.51. The van der Waals surface area contributed by atoms with Gasteiger partial charge < -0.3 is 15.3 Å². The van der Waals surface area contributed by atoms with Crippen molar-refractivity contribution in [3.63, 3.8) is 0 Å². The summed E-state index contributed by atoms with van der Waals surface area (Å²) >= 11 is 0. The molecule has 0 bridgehead atoms. The standard InChI is InChI=1S/C8H11NO3/c10-8(11,12)5-4-7-3-1-2-6-9-7/h1-3,6,10-12H,4-5H2. The van der Waals surface area contributed by atoms with Gasteiger partial charge in [0.2, 0.25) is 0 Å². The van der Waals surface area contributed by atoms with E-state index >= 15 is 0 Å². The fourth-order valence-electron chi connectivity index (χ4n) is 0.842. The first-order valence-electron chi connectivity index (χ1n) is 3.65. The fraction of sp³-hybridized carbons (Fsp3) is 0.375. The Morgan fingerprint density at radius 2 is 2.00 bits per heavy atom. The number of aromatic nitrogens is 1. The minimum atomic E-state index is -2.59. The molecule has 1 aromatic heterocycles. The predicted octanol–water partition coefficient (Wildman–Crippen LogP) is -0.355. The smallest absolute Gasteiger partial charge is 0.275 e. The van der Waals surface area contributed by atoms with E-state index in [2.05, 4.69) is 4.98 Å². The molecule has 0 aliphatic carbocycles. The van der Waals surface area contributed by atoms with E-state index in [4.69, 9.17) is 15.3 Å². The Morgan fingerprint density at radius 3 is 2.50 bits per heavy atom. The summed E-state index contributed by atoms with van der Waals surface area (Å²) in [7, 11) is 0. The van der Waals surface area contributed by atoms with Crippen molar-refractivity contribution in [2.45, 2.75) is 18.8 Å². The number of aliphatic hydroxyl groups is 3. The third-order valence-corrected chi connectivity index (χ3v) is 1.44. The van der Waals surface area contributed by atoms with E-state index in [9.17, 15) is 0 Å². The normalized spacial score (nSPS) is 11.6. The number of pyridine rings is 1. The summed E-state index contributed by atoms with van der Waals surface area (Å²) in [6, 6.07) is 5.33. The second kappa shape index (κ2) is 3.62. The number of aryl methyl sites for hydroxylation is 1. The summed E-state index contributed by atoms with van der Waals surface area (Å²) < 4.78 is 0. The molecule has 0 aromatic carbocycles. The number of hydrogen-bond acceptors (Lipinski definition) is 4. The van der Waals surface area contributed by atoms with Crippen molar-refractivity contribution < 1.29 is 15.3 Å². The van der Waals surface area contributed by atoms with Crippen LogP contribution in [0.15, 0.2) is 24.4 Å². The Morgan fingerprint density at radius 1 is 1.25 bits per heavy atom. The van der Waals surface area contributed by atoms with Crippen molar-refractivity contribution in [2.24, 2.45) is 0 Å². The lowest BCUT2D eigenvalue weighted by molar-refractivity contribution is -0.314. The molecule has 12 heavy (non-hydrogen) atoms. The molecule has 0 aliphatic rings. The maximum Gasteiger partial charge on any atom is 0.275 e. The van der Waals surface area contributed by atoms with Crippen molar-refractivity contribution in [2.75, 3.05) is 0 Å². The molecule has 0 atom stereocenters. The van der Waals surface area contributed by atoms with Gasteiger partial charge in [-0.15, -0.1) is 0 Å². The van der Waals surface area contributed by atoms with Crippen LogP contribution in [-0.4, -0.2) is 26.3 Å². The molecule has 1 rings (SSSR count). The zero-order chi connectivity index (χ0) is 9.03. The molecule has 0 unspecified atom stereocenters. The molecule has 1 heterocycles. The highest BCUT2D eigenvalue weighted by molar-refractivity contribution is 5.03. The Balaban J connectivity index is 2.44. The van der Waals surface area contributed by atoms with Gasteiger partial charge >= 0.3 is 0 Å². The summed E-state index contributed by atoms with van der Waals surface area (Å²) in [5.74, 6) is -2.59. The summed E-state index contributed by atoms with van der Waals surface area (Å²) in [6.45, 7) is 0. The van der Waals surface area contributed by atoms with Gasteiger partial charge in [-0.1, -0.05) is 6.07 Å². The van der Waals surface area contributed by atoms with E-state index in [1.165, 1.54) is 0 Å². The van der Waals surface area contributed by atoms with Crippen molar-refractivity contribution in [1.82, 2.24) is 4.98 Å². The Kier molecular flexibility index (Phi) is 2.75. The maximum absolute atomic E-state index is 8.56. The second-order valence-electron chi connectivity index (χ2n) is 2.60. The summed E-state index contributed by atoms with van der Waals surface area (Å²) in [5.41, 5.74) is 0.721. The molecule has 0 spiro atoms. The van der Waals surface area contributed by atoms with Crippen LogP contribution in [0.1, 0.15) is 12.1 Å². The topological polar surface area (TPSA) is 73.6 Å². The Labute approximate surface area is 70.1 Å². The van der Waals surface area contributed by atoms with E-state index in [1.807, 2.05) is 0 Å². The minimum Gasteiger partial charge on any atom is -0.344 e. The molecule has 0 aliphatic heterocycles. The zero-order valence-electron chi connectivity index (χ0n) is 6.51. The fourth-order valence-corrected chi connectivity index (χ4v) is 0.842. The van der Waals surface area contributed by atoms with Gasteiger partial charge in [0.1, 0.15) is 0 Å². The van der Waals surface area contributed by atoms with Gasteiger partial charge in [-0.05, 0) is 18.6 Å². The van der Waals surface area contributed by atoms with Gasteiger partial charge in [0, 0.05) is 18.3 Å². The molecule has 0 radical (unpaired) electrons. The van der Waals surface area contributed by atoms with Gasteiger partial charge in [0.25, 0.3) is 5.97 Å². The van der Waals surface area contributed by atoms with Crippen LogP contribution in [0.5, 0.6) is 0 Å². The quantitative estimate of drug-likeness (QED) is 0.540. The van der Waals surface area contributed by atoms with E-state index in [0.717, 1.165) is 5.69 Å². The van der Waals surface area contributed by atoms with Crippen LogP contribution in [0.2, 0.25) is 0 Å². The van der Waals surface area contributed by atoms with Crippen molar-refractivity contribution in [1.29, 1.82) is 0 Å². The van der Waals surface area contributed by atoms with Crippen LogP contribution in [0.25, 0.3) is 0 Å². The molecule has 0 saturated heterocycles. The molecule has 0 saturated carbocycles. The monoisotopic (exact) mass is 169 g/mol. The van der Waals surface area contributed by atoms with Crippen LogP contribution in [0.3, 0.4) is 0 Å². The minimum absolute atomic E-state index is 0.135. The Bertz CT molecular complexity index is 230. The highest BCUT2D eigenvalue weighted by Crippen LogP contribution is 2.06. The van der Waals surface area contributed by atoms with E-state index in [-0.39, 0.29) is 6.42 Å². The molecule has 4 nitrogen and oxygen atoms in total. The SMILES string of the molecule is OC(O)(O)CCc1ccccn1.